The summed E-state index contributed by atoms with van der Waals surface area (Å²) in [6.45, 7) is 3.94. The first-order valence-corrected chi connectivity index (χ1v) is 15.3. The van der Waals surface area contributed by atoms with Crippen LogP contribution in [0.15, 0.2) is 42.6 Å². The minimum atomic E-state index is -4.92. The van der Waals surface area contributed by atoms with Crippen LogP contribution < -0.4 is 19.7 Å². The number of ether oxygens (including phenoxy) is 2. The minimum Gasteiger partial charge on any atom is -0.461 e. The molecule has 8 nitrogen and oxygen atoms in total. The molecule has 6 heterocycles. The highest BCUT2D eigenvalue weighted by Crippen LogP contribution is 2.42. The fourth-order valence-electron chi connectivity index (χ4n) is 7.86. The van der Waals surface area contributed by atoms with Crippen molar-refractivity contribution >= 4 is 27.5 Å². The number of aromatic nitrogens is 3. The van der Waals surface area contributed by atoms with Gasteiger partial charge in [0.15, 0.2) is 5.82 Å². The highest BCUT2D eigenvalue weighted by Gasteiger charge is 2.45. The maximum Gasteiger partial charge on any atom is 0.573 e. The van der Waals surface area contributed by atoms with Crippen LogP contribution in [0.5, 0.6) is 11.8 Å². The largest absolute Gasteiger partial charge is 0.573 e. The lowest BCUT2D eigenvalue weighted by molar-refractivity contribution is -0.274. The molecular formula is C32H32F4N6O2. The Hall–Kier alpha value is -3.77. The summed E-state index contributed by atoms with van der Waals surface area (Å²) in [6, 6.07) is 9.92. The second kappa shape index (κ2) is 10.4. The highest BCUT2D eigenvalue weighted by molar-refractivity contribution is 6.02. The number of hydrogen-bond donors (Lipinski definition) is 1. The number of rotatable bonds is 6. The molecular weight excluding hydrogens is 576 g/mol. The van der Waals surface area contributed by atoms with E-state index in [-0.39, 0.29) is 33.7 Å². The van der Waals surface area contributed by atoms with Gasteiger partial charge in [-0.3, -0.25) is 9.88 Å². The van der Waals surface area contributed by atoms with Crippen LogP contribution in [0, 0.1) is 5.82 Å². The Bertz CT molecular complexity index is 1720. The molecule has 4 saturated heterocycles. The van der Waals surface area contributed by atoms with Gasteiger partial charge in [-0.05, 0) is 63.1 Å². The summed E-state index contributed by atoms with van der Waals surface area (Å²) in [6.07, 6.45) is 3.05. The number of fused-ring (bicyclic) bond motifs is 5. The number of pyridine rings is 1. The standard InChI is InChI=1S/C32H32F4N6O2/c33-26-27(22-7-1-5-19-6-2-8-24(25(19)22)44-32(34,35)36)37-15-23-28(26)39-30(43-18-31-11-3-13-42(31)14-4-12-31)40-29(23)41-16-20-9-10-21(17-41)38-20/h1-2,5-8,15,20-21,38H,3-4,9-14,16-18H2/t20-,21+. The number of halogens is 4. The van der Waals surface area contributed by atoms with Crippen LogP contribution >= 0.6 is 0 Å². The van der Waals surface area contributed by atoms with Gasteiger partial charge in [0.25, 0.3) is 0 Å². The fraction of sp³-hybridized carbons (Fsp3) is 0.469. The summed E-state index contributed by atoms with van der Waals surface area (Å²) in [5.41, 5.74) is 0.0379. The predicted octanol–water partition coefficient (Wildman–Crippen LogP) is 5.83. The normalized spacial score (nSPS) is 23.0. The van der Waals surface area contributed by atoms with E-state index in [4.69, 9.17) is 9.72 Å². The van der Waals surface area contributed by atoms with Crippen molar-refractivity contribution in [3.05, 3.63) is 48.4 Å². The van der Waals surface area contributed by atoms with Gasteiger partial charge in [0.05, 0.1) is 10.9 Å². The number of nitrogens with zero attached hydrogens (tertiary/aromatic N) is 5. The molecule has 4 aliphatic heterocycles. The zero-order valence-corrected chi connectivity index (χ0v) is 24.0. The minimum absolute atomic E-state index is 0.0271. The third-order valence-electron chi connectivity index (χ3n) is 9.79. The van der Waals surface area contributed by atoms with Gasteiger partial charge >= 0.3 is 12.4 Å². The van der Waals surface area contributed by atoms with E-state index in [1.807, 2.05) is 0 Å². The third-order valence-corrected chi connectivity index (χ3v) is 9.79. The average molecular weight is 609 g/mol. The summed E-state index contributed by atoms with van der Waals surface area (Å²) in [5.74, 6) is -0.606. The summed E-state index contributed by atoms with van der Waals surface area (Å²) >= 11 is 0. The molecule has 0 aliphatic carbocycles. The SMILES string of the molecule is Fc1c(-c2cccc3cccc(OC(F)(F)F)c23)ncc2c(N3C[C@H]4CC[C@@H](C3)N4)nc(OCC34CCCN3CCC4)nc12. The van der Waals surface area contributed by atoms with Crippen molar-refractivity contribution < 1.29 is 27.0 Å². The molecule has 4 fully saturated rings. The van der Waals surface area contributed by atoms with E-state index in [9.17, 15) is 13.2 Å². The Labute approximate surface area is 251 Å². The molecule has 2 atom stereocenters. The molecule has 0 unspecified atom stereocenters. The Morgan fingerprint density at radius 3 is 2.43 bits per heavy atom. The maximum atomic E-state index is 16.7. The van der Waals surface area contributed by atoms with Crippen molar-refractivity contribution in [2.24, 2.45) is 0 Å². The third kappa shape index (κ3) is 4.79. The second-order valence-electron chi connectivity index (χ2n) is 12.5. The zero-order valence-electron chi connectivity index (χ0n) is 24.0. The van der Waals surface area contributed by atoms with E-state index in [0.29, 0.717) is 48.4 Å². The fourth-order valence-corrected chi connectivity index (χ4v) is 7.86. The average Bonchev–Trinajstić information content (AvgIpc) is 3.69. The van der Waals surface area contributed by atoms with Crippen molar-refractivity contribution in [1.29, 1.82) is 0 Å². The van der Waals surface area contributed by atoms with Gasteiger partial charge in [0, 0.05) is 42.3 Å². The zero-order chi connectivity index (χ0) is 30.1. The van der Waals surface area contributed by atoms with Crippen molar-refractivity contribution in [2.75, 3.05) is 37.7 Å². The number of alkyl halides is 3. The first-order chi connectivity index (χ1) is 21.3. The summed E-state index contributed by atoms with van der Waals surface area (Å²) < 4.78 is 67.3. The van der Waals surface area contributed by atoms with Gasteiger partial charge in [-0.2, -0.15) is 9.97 Å². The molecule has 230 valence electrons. The van der Waals surface area contributed by atoms with Crippen LogP contribution in [0.25, 0.3) is 32.9 Å². The van der Waals surface area contributed by atoms with Gasteiger partial charge in [0.1, 0.15) is 29.4 Å². The molecule has 8 rings (SSSR count). The molecule has 2 aromatic heterocycles. The monoisotopic (exact) mass is 608 g/mol. The van der Waals surface area contributed by atoms with Crippen LogP contribution in [0.3, 0.4) is 0 Å². The van der Waals surface area contributed by atoms with Gasteiger partial charge in [-0.1, -0.05) is 30.3 Å². The van der Waals surface area contributed by atoms with Gasteiger partial charge in [-0.15, -0.1) is 13.2 Å². The molecule has 44 heavy (non-hydrogen) atoms. The van der Waals surface area contributed by atoms with Crippen molar-refractivity contribution in [1.82, 2.24) is 25.2 Å². The van der Waals surface area contributed by atoms with Crippen LogP contribution in [0.4, 0.5) is 23.4 Å². The molecule has 0 saturated carbocycles. The van der Waals surface area contributed by atoms with Gasteiger partial charge in [-0.25, -0.2) is 4.39 Å². The van der Waals surface area contributed by atoms with Gasteiger partial charge < -0.3 is 19.7 Å². The molecule has 4 aromatic rings. The number of nitrogens with one attached hydrogen (secondary N) is 1. The first kappa shape index (κ1) is 27.8. The van der Waals surface area contributed by atoms with Gasteiger partial charge in [0.2, 0.25) is 0 Å². The van der Waals surface area contributed by atoms with E-state index in [1.54, 1.807) is 24.3 Å². The van der Waals surface area contributed by atoms with E-state index >= 15 is 4.39 Å². The lowest BCUT2D eigenvalue weighted by Gasteiger charge is -2.34. The Balaban J connectivity index is 1.25. The van der Waals surface area contributed by atoms with E-state index in [0.717, 1.165) is 51.6 Å². The number of anilines is 1. The number of piperazine rings is 1. The molecule has 0 amide bonds. The molecule has 0 spiro atoms. The quantitative estimate of drug-likeness (QED) is 0.274. The van der Waals surface area contributed by atoms with Crippen molar-refractivity contribution in [2.45, 2.75) is 62.5 Å². The van der Waals surface area contributed by atoms with E-state index in [2.05, 4.69) is 29.8 Å². The summed E-state index contributed by atoms with van der Waals surface area (Å²) in [4.78, 5) is 18.5. The molecule has 4 aliphatic rings. The van der Waals surface area contributed by atoms with Crippen molar-refractivity contribution in [3.63, 3.8) is 0 Å². The molecule has 0 radical (unpaired) electrons. The molecule has 2 aromatic carbocycles. The van der Waals surface area contributed by atoms with Crippen LogP contribution in [0.1, 0.15) is 38.5 Å². The summed E-state index contributed by atoms with van der Waals surface area (Å²) in [5, 5.41) is 4.63. The smallest absolute Gasteiger partial charge is 0.461 e. The molecule has 2 bridgehead atoms. The predicted molar refractivity (Wildman–Crippen MR) is 157 cm³/mol. The van der Waals surface area contributed by atoms with Crippen LogP contribution in [-0.2, 0) is 0 Å². The lowest BCUT2D eigenvalue weighted by Crippen LogP contribution is -2.51. The molecule has 1 N–H and O–H groups in total. The Morgan fingerprint density at radius 2 is 1.70 bits per heavy atom. The van der Waals surface area contributed by atoms with Crippen molar-refractivity contribution in [3.8, 4) is 23.0 Å². The number of hydrogen-bond acceptors (Lipinski definition) is 8. The Kier molecular flexibility index (Phi) is 6.56. The first-order valence-electron chi connectivity index (χ1n) is 15.3. The number of benzene rings is 2. The maximum absolute atomic E-state index is 16.7. The Morgan fingerprint density at radius 1 is 0.977 bits per heavy atom. The topological polar surface area (TPSA) is 75.6 Å². The van der Waals surface area contributed by atoms with E-state index in [1.165, 1.54) is 18.3 Å². The lowest BCUT2D eigenvalue weighted by atomic mass is 9.95. The van der Waals surface area contributed by atoms with Crippen LogP contribution in [-0.4, -0.2) is 76.6 Å². The highest BCUT2D eigenvalue weighted by atomic mass is 19.4. The van der Waals surface area contributed by atoms with E-state index < -0.39 is 17.9 Å². The summed E-state index contributed by atoms with van der Waals surface area (Å²) in [7, 11) is 0. The molecule has 12 heteroatoms. The van der Waals surface area contributed by atoms with Crippen LogP contribution in [0.2, 0.25) is 0 Å². The second-order valence-corrected chi connectivity index (χ2v) is 12.5.